The van der Waals surface area contributed by atoms with Crippen LogP contribution in [0.5, 0.6) is 0 Å². The highest BCUT2D eigenvalue weighted by Crippen LogP contribution is 2.17. The summed E-state index contributed by atoms with van der Waals surface area (Å²) in [5.74, 6) is -1.84. The van der Waals surface area contributed by atoms with Gasteiger partial charge in [-0.1, -0.05) is 0 Å². The van der Waals surface area contributed by atoms with Gasteiger partial charge in [0.05, 0.1) is 22.9 Å². The molecule has 0 aliphatic rings. The van der Waals surface area contributed by atoms with Crippen molar-refractivity contribution in [1.82, 2.24) is 0 Å². The summed E-state index contributed by atoms with van der Waals surface area (Å²) in [4.78, 5) is 0. The van der Waals surface area contributed by atoms with Crippen molar-refractivity contribution in [3.8, 4) is 0 Å². The lowest BCUT2D eigenvalue weighted by atomic mass is 10.3. The van der Waals surface area contributed by atoms with Crippen LogP contribution in [0.2, 0.25) is 0 Å². The Hall–Kier alpha value is -1.35. The lowest BCUT2D eigenvalue weighted by Gasteiger charge is -2.08. The Bertz CT molecular complexity index is 641. The van der Waals surface area contributed by atoms with Gasteiger partial charge >= 0.3 is 0 Å². The summed E-state index contributed by atoms with van der Waals surface area (Å²) in [7, 11) is -7.21. The van der Waals surface area contributed by atoms with Crippen molar-refractivity contribution < 1.29 is 21.2 Å². The fourth-order valence-electron chi connectivity index (χ4n) is 1.08. The molecule has 0 heterocycles. The van der Waals surface area contributed by atoms with Gasteiger partial charge in [-0.05, 0) is 12.1 Å². The third kappa shape index (κ3) is 4.88. The molecule has 9 heteroatoms. The number of nitrogens with two attached hydrogens (primary N) is 1. The molecule has 0 aliphatic carbocycles. The third-order valence-corrected chi connectivity index (χ3v) is 4.49. The fraction of sp³-hybridized carbons (Fsp3) is 0.333. The van der Waals surface area contributed by atoms with Crippen LogP contribution >= 0.6 is 0 Å². The van der Waals surface area contributed by atoms with Crippen LogP contribution in [0.15, 0.2) is 18.2 Å². The first-order valence-corrected chi connectivity index (χ1v) is 8.53. The molecule has 0 spiro atoms. The number of halogens is 1. The van der Waals surface area contributed by atoms with E-state index < -0.39 is 37.2 Å². The molecule has 18 heavy (non-hydrogen) atoms. The van der Waals surface area contributed by atoms with Crippen LogP contribution < -0.4 is 10.5 Å². The Morgan fingerprint density at radius 3 is 2.33 bits per heavy atom. The number of nitrogens with one attached hydrogen (secondary N) is 1. The second kappa shape index (κ2) is 5.11. The molecule has 0 atom stereocenters. The van der Waals surface area contributed by atoms with Crippen LogP contribution in [0, 0.1) is 5.82 Å². The van der Waals surface area contributed by atoms with Crippen molar-refractivity contribution in [3.63, 3.8) is 0 Å². The summed E-state index contributed by atoms with van der Waals surface area (Å²) in [5.41, 5.74) is 5.13. The maximum absolute atomic E-state index is 13.1. The average molecular weight is 296 g/mol. The normalized spacial score (nSPS) is 12.3. The van der Waals surface area contributed by atoms with E-state index in [1.54, 1.807) is 0 Å². The molecule has 0 radical (unpaired) electrons. The van der Waals surface area contributed by atoms with Gasteiger partial charge in [0.1, 0.15) is 15.7 Å². The van der Waals surface area contributed by atoms with Gasteiger partial charge in [0.15, 0.2) is 0 Å². The highest BCUT2D eigenvalue weighted by Gasteiger charge is 2.15. The zero-order chi connectivity index (χ0) is 14.0. The Morgan fingerprint density at radius 2 is 1.83 bits per heavy atom. The molecule has 0 bridgehead atoms. The van der Waals surface area contributed by atoms with E-state index in [0.717, 1.165) is 12.3 Å². The van der Waals surface area contributed by atoms with Crippen LogP contribution in [0.4, 0.5) is 15.8 Å². The molecule has 1 aromatic rings. The predicted molar refractivity (Wildman–Crippen MR) is 67.9 cm³/mol. The minimum Gasteiger partial charge on any atom is -0.396 e. The van der Waals surface area contributed by atoms with Crippen molar-refractivity contribution in [3.05, 3.63) is 24.0 Å². The Labute approximate surface area is 105 Å². The second-order valence-electron chi connectivity index (χ2n) is 3.79. The topological polar surface area (TPSA) is 106 Å². The van der Waals surface area contributed by atoms with Crippen LogP contribution in [0.3, 0.4) is 0 Å². The van der Waals surface area contributed by atoms with Gasteiger partial charge in [-0.3, -0.25) is 4.72 Å². The van der Waals surface area contributed by atoms with Gasteiger partial charge in [-0.25, -0.2) is 21.2 Å². The van der Waals surface area contributed by atoms with Crippen LogP contribution in [-0.2, 0) is 19.9 Å². The van der Waals surface area contributed by atoms with Gasteiger partial charge in [0.25, 0.3) is 0 Å². The molecule has 102 valence electrons. The molecule has 0 unspecified atom stereocenters. The third-order valence-electron chi connectivity index (χ3n) is 2.00. The van der Waals surface area contributed by atoms with Crippen molar-refractivity contribution in [2.24, 2.45) is 0 Å². The lowest BCUT2D eigenvalue weighted by Crippen LogP contribution is -2.22. The Balaban J connectivity index is 2.80. The van der Waals surface area contributed by atoms with Crippen LogP contribution in [0.1, 0.15) is 0 Å². The molecule has 0 saturated carbocycles. The van der Waals surface area contributed by atoms with E-state index in [2.05, 4.69) is 4.72 Å². The quantitative estimate of drug-likeness (QED) is 0.755. The number of rotatable bonds is 5. The van der Waals surface area contributed by atoms with E-state index in [1.807, 2.05) is 0 Å². The SMILES string of the molecule is CS(=O)(=O)CCS(=O)(=O)Nc1ccc(N)c(F)c1. The standard InChI is InChI=1S/C9H13FN2O4S2/c1-17(13,14)4-5-18(15,16)12-7-2-3-9(11)8(10)6-7/h2-3,6,12H,4-5,11H2,1H3. The highest BCUT2D eigenvalue weighted by molar-refractivity contribution is 7.95. The van der Waals surface area contributed by atoms with Gasteiger partial charge in [0, 0.05) is 12.3 Å². The summed E-state index contributed by atoms with van der Waals surface area (Å²) >= 11 is 0. The number of hydrogen-bond donors (Lipinski definition) is 2. The average Bonchev–Trinajstić information content (AvgIpc) is 2.20. The molecule has 1 aromatic carbocycles. The maximum atomic E-state index is 13.1. The molecule has 3 N–H and O–H groups in total. The first-order valence-electron chi connectivity index (χ1n) is 4.82. The summed E-state index contributed by atoms with van der Waals surface area (Å²) in [6.45, 7) is 0. The molecule has 6 nitrogen and oxygen atoms in total. The van der Waals surface area contributed by atoms with Crippen molar-refractivity contribution in [2.75, 3.05) is 28.2 Å². The second-order valence-corrected chi connectivity index (χ2v) is 7.89. The zero-order valence-electron chi connectivity index (χ0n) is 9.55. The molecule has 0 aliphatic heterocycles. The number of sulfonamides is 1. The van der Waals surface area contributed by atoms with E-state index in [9.17, 15) is 21.2 Å². The lowest BCUT2D eigenvalue weighted by molar-refractivity contribution is 0.593. The van der Waals surface area contributed by atoms with Crippen molar-refractivity contribution in [1.29, 1.82) is 0 Å². The number of hydrogen-bond acceptors (Lipinski definition) is 5. The van der Waals surface area contributed by atoms with Crippen molar-refractivity contribution in [2.45, 2.75) is 0 Å². The summed E-state index contributed by atoms with van der Waals surface area (Å²) in [5, 5.41) is 0. The molecule has 0 saturated heterocycles. The van der Waals surface area contributed by atoms with Gasteiger partial charge in [-0.15, -0.1) is 0 Å². The zero-order valence-corrected chi connectivity index (χ0v) is 11.2. The van der Waals surface area contributed by atoms with Crippen LogP contribution in [0.25, 0.3) is 0 Å². The maximum Gasteiger partial charge on any atom is 0.233 e. The van der Waals surface area contributed by atoms with Gasteiger partial charge in [-0.2, -0.15) is 0 Å². The number of sulfone groups is 1. The number of benzene rings is 1. The molecule has 0 fully saturated rings. The van der Waals surface area contributed by atoms with Gasteiger partial charge < -0.3 is 5.73 Å². The monoisotopic (exact) mass is 296 g/mol. The summed E-state index contributed by atoms with van der Waals surface area (Å²) in [6.07, 6.45) is 0.936. The molecular formula is C9H13FN2O4S2. The molecule has 0 amide bonds. The van der Waals surface area contributed by atoms with E-state index in [0.29, 0.717) is 0 Å². The predicted octanol–water partition coefficient (Wildman–Crippen LogP) is 0.194. The van der Waals surface area contributed by atoms with E-state index >= 15 is 0 Å². The number of anilines is 2. The minimum atomic E-state index is -3.83. The summed E-state index contributed by atoms with van der Waals surface area (Å²) in [6, 6.07) is 3.42. The Kier molecular flexibility index (Phi) is 4.17. The minimum absolute atomic E-state index is 0.00444. The first-order chi connectivity index (χ1) is 8.09. The van der Waals surface area contributed by atoms with Crippen molar-refractivity contribution >= 4 is 31.2 Å². The fourth-order valence-corrected chi connectivity index (χ4v) is 3.76. The molecular weight excluding hydrogens is 283 g/mol. The van der Waals surface area contributed by atoms with Gasteiger partial charge in [0.2, 0.25) is 10.0 Å². The van der Waals surface area contributed by atoms with E-state index in [4.69, 9.17) is 5.73 Å². The highest BCUT2D eigenvalue weighted by atomic mass is 32.2. The smallest absolute Gasteiger partial charge is 0.233 e. The largest absolute Gasteiger partial charge is 0.396 e. The molecule has 0 aromatic heterocycles. The first kappa shape index (κ1) is 14.7. The Morgan fingerprint density at radius 1 is 1.22 bits per heavy atom. The van der Waals surface area contributed by atoms with E-state index in [1.165, 1.54) is 12.1 Å². The molecule has 1 rings (SSSR count). The van der Waals surface area contributed by atoms with Crippen LogP contribution in [-0.4, -0.2) is 34.6 Å². The number of nitrogen functional groups attached to an aromatic ring is 1. The summed E-state index contributed by atoms with van der Waals surface area (Å²) < 4.78 is 59.9. The van der Waals surface area contributed by atoms with E-state index in [-0.39, 0.29) is 11.4 Å².